The van der Waals surface area contributed by atoms with Crippen LogP contribution in [0.1, 0.15) is 12.8 Å². The number of nitrogens with zero attached hydrogens (tertiary/aromatic N) is 2. The molecule has 1 fully saturated rings. The fraction of sp³-hybridized carbons (Fsp3) is 0.556. The summed E-state index contributed by atoms with van der Waals surface area (Å²) >= 11 is 5.40. The summed E-state index contributed by atoms with van der Waals surface area (Å²) in [4.78, 5) is 11.0. The maximum atomic E-state index is 11.0. The number of hydrogen-bond donors (Lipinski definition) is 1. The number of alkyl halides is 1. The van der Waals surface area contributed by atoms with E-state index in [1.54, 1.807) is 12.3 Å². The van der Waals surface area contributed by atoms with Gasteiger partial charge in [0.15, 0.2) is 0 Å². The normalized spacial score (nSPS) is 15.5. The van der Waals surface area contributed by atoms with Crippen molar-refractivity contribution < 1.29 is 4.79 Å². The fourth-order valence-electron chi connectivity index (χ4n) is 1.31. The first-order chi connectivity index (χ1) is 6.79. The molecule has 1 aliphatic rings. The lowest BCUT2D eigenvalue weighted by Crippen LogP contribution is -2.16. The lowest BCUT2D eigenvalue weighted by atomic mass is 10.4. The van der Waals surface area contributed by atoms with E-state index in [1.807, 2.05) is 4.68 Å². The molecule has 0 aromatic carbocycles. The third-order valence-electron chi connectivity index (χ3n) is 2.23. The number of halogens is 1. The molecule has 1 aromatic rings. The van der Waals surface area contributed by atoms with Crippen LogP contribution in [-0.2, 0) is 11.3 Å². The number of rotatable bonds is 4. The molecule has 0 bridgehead atoms. The SMILES string of the molecule is O=C(CCl)Nc1ccnn1CC1CC1. The molecule has 1 heterocycles. The Hall–Kier alpha value is -1.03. The van der Waals surface area contributed by atoms with Crippen LogP contribution in [0.15, 0.2) is 12.3 Å². The monoisotopic (exact) mass is 213 g/mol. The van der Waals surface area contributed by atoms with Gasteiger partial charge in [-0.1, -0.05) is 0 Å². The van der Waals surface area contributed by atoms with E-state index in [-0.39, 0.29) is 11.8 Å². The Kier molecular flexibility index (Phi) is 2.72. The van der Waals surface area contributed by atoms with Crippen LogP contribution in [0.25, 0.3) is 0 Å². The number of anilines is 1. The summed E-state index contributed by atoms with van der Waals surface area (Å²) in [6, 6.07) is 1.78. The standard InChI is InChI=1S/C9H12ClN3O/c10-5-9(14)12-8-3-4-11-13(8)6-7-1-2-7/h3-4,7H,1-2,5-6H2,(H,12,14). The van der Waals surface area contributed by atoms with Gasteiger partial charge in [-0.2, -0.15) is 5.10 Å². The lowest BCUT2D eigenvalue weighted by Gasteiger charge is -2.06. The average Bonchev–Trinajstić information content (AvgIpc) is 2.89. The van der Waals surface area contributed by atoms with Crippen LogP contribution in [0, 0.1) is 5.92 Å². The number of carbonyl (C=O) groups excluding carboxylic acids is 1. The molecule has 0 radical (unpaired) electrons. The van der Waals surface area contributed by atoms with E-state index in [4.69, 9.17) is 11.6 Å². The highest BCUT2D eigenvalue weighted by atomic mass is 35.5. The molecule has 76 valence electrons. The molecule has 1 saturated carbocycles. The molecule has 0 atom stereocenters. The van der Waals surface area contributed by atoms with Crippen molar-refractivity contribution >= 4 is 23.3 Å². The number of amides is 1. The van der Waals surface area contributed by atoms with Gasteiger partial charge in [0.05, 0.1) is 6.20 Å². The van der Waals surface area contributed by atoms with Crippen LogP contribution in [0.4, 0.5) is 5.82 Å². The fourth-order valence-corrected chi connectivity index (χ4v) is 1.37. The summed E-state index contributed by atoms with van der Waals surface area (Å²) < 4.78 is 1.82. The van der Waals surface area contributed by atoms with Crippen LogP contribution < -0.4 is 5.32 Å². The van der Waals surface area contributed by atoms with Crippen molar-refractivity contribution in [1.82, 2.24) is 9.78 Å². The van der Waals surface area contributed by atoms with Gasteiger partial charge >= 0.3 is 0 Å². The van der Waals surface area contributed by atoms with Crippen molar-refractivity contribution in [2.45, 2.75) is 19.4 Å². The maximum Gasteiger partial charge on any atom is 0.240 e. The first-order valence-corrected chi connectivity index (χ1v) is 5.20. The van der Waals surface area contributed by atoms with Crippen LogP contribution in [0.2, 0.25) is 0 Å². The zero-order valence-corrected chi connectivity index (χ0v) is 8.50. The van der Waals surface area contributed by atoms with Crippen molar-refractivity contribution in [3.05, 3.63) is 12.3 Å². The van der Waals surface area contributed by atoms with Crippen LogP contribution >= 0.6 is 11.6 Å². The molecular formula is C9H12ClN3O. The summed E-state index contributed by atoms with van der Waals surface area (Å²) in [7, 11) is 0. The number of nitrogens with one attached hydrogen (secondary N) is 1. The zero-order valence-electron chi connectivity index (χ0n) is 7.74. The molecule has 0 aliphatic heterocycles. The van der Waals surface area contributed by atoms with Gasteiger partial charge in [0.25, 0.3) is 0 Å². The van der Waals surface area contributed by atoms with E-state index in [2.05, 4.69) is 10.4 Å². The third-order valence-corrected chi connectivity index (χ3v) is 2.48. The van der Waals surface area contributed by atoms with E-state index in [0.717, 1.165) is 18.3 Å². The van der Waals surface area contributed by atoms with Crippen LogP contribution in [-0.4, -0.2) is 21.6 Å². The summed E-state index contributed by atoms with van der Waals surface area (Å²) in [6.07, 6.45) is 4.22. The van der Waals surface area contributed by atoms with E-state index in [1.165, 1.54) is 12.8 Å². The maximum absolute atomic E-state index is 11.0. The first kappa shape index (κ1) is 9.52. The molecule has 1 aliphatic carbocycles. The minimum Gasteiger partial charge on any atom is -0.310 e. The Morgan fingerprint density at radius 2 is 2.50 bits per heavy atom. The minimum absolute atomic E-state index is 0.0192. The number of carbonyl (C=O) groups is 1. The van der Waals surface area contributed by atoms with Crippen LogP contribution in [0.3, 0.4) is 0 Å². The number of hydrogen-bond acceptors (Lipinski definition) is 2. The van der Waals surface area contributed by atoms with Gasteiger partial charge < -0.3 is 5.32 Å². The molecule has 4 nitrogen and oxygen atoms in total. The Morgan fingerprint density at radius 3 is 3.14 bits per heavy atom. The van der Waals surface area contributed by atoms with Crippen LogP contribution in [0.5, 0.6) is 0 Å². The van der Waals surface area contributed by atoms with Gasteiger partial charge in [-0.15, -0.1) is 11.6 Å². The van der Waals surface area contributed by atoms with E-state index in [9.17, 15) is 4.79 Å². The third kappa shape index (κ3) is 2.26. The summed E-state index contributed by atoms with van der Waals surface area (Å²) in [5, 5.41) is 6.85. The topological polar surface area (TPSA) is 46.9 Å². The van der Waals surface area contributed by atoms with Gasteiger partial charge in [0, 0.05) is 12.6 Å². The molecule has 1 aromatic heterocycles. The largest absolute Gasteiger partial charge is 0.310 e. The second-order valence-electron chi connectivity index (χ2n) is 3.52. The second-order valence-corrected chi connectivity index (χ2v) is 3.79. The van der Waals surface area contributed by atoms with Gasteiger partial charge in [-0.25, -0.2) is 4.68 Å². The van der Waals surface area contributed by atoms with E-state index >= 15 is 0 Å². The second kappa shape index (κ2) is 4.00. The van der Waals surface area contributed by atoms with Crippen molar-refractivity contribution in [3.8, 4) is 0 Å². The Labute approximate surface area is 87.2 Å². The molecule has 0 spiro atoms. The van der Waals surface area contributed by atoms with Gasteiger partial charge in [0.2, 0.25) is 5.91 Å². The van der Waals surface area contributed by atoms with E-state index in [0.29, 0.717) is 0 Å². The molecule has 0 unspecified atom stereocenters. The molecular weight excluding hydrogens is 202 g/mol. The van der Waals surface area contributed by atoms with Gasteiger partial charge in [-0.3, -0.25) is 4.79 Å². The predicted molar refractivity (Wildman–Crippen MR) is 54.3 cm³/mol. The first-order valence-electron chi connectivity index (χ1n) is 4.67. The molecule has 0 saturated heterocycles. The highest BCUT2D eigenvalue weighted by Gasteiger charge is 2.23. The van der Waals surface area contributed by atoms with Crippen molar-refractivity contribution in [3.63, 3.8) is 0 Å². The highest BCUT2D eigenvalue weighted by molar-refractivity contribution is 6.29. The summed E-state index contributed by atoms with van der Waals surface area (Å²) in [5.74, 6) is 1.27. The molecule has 1 N–H and O–H groups in total. The molecule has 2 rings (SSSR count). The minimum atomic E-state index is -0.191. The molecule has 1 amide bonds. The Morgan fingerprint density at radius 1 is 1.71 bits per heavy atom. The summed E-state index contributed by atoms with van der Waals surface area (Å²) in [6.45, 7) is 0.894. The van der Waals surface area contributed by atoms with E-state index < -0.39 is 0 Å². The van der Waals surface area contributed by atoms with Crippen molar-refractivity contribution in [2.24, 2.45) is 5.92 Å². The zero-order chi connectivity index (χ0) is 9.97. The van der Waals surface area contributed by atoms with Crippen molar-refractivity contribution in [1.29, 1.82) is 0 Å². The Bertz CT molecular complexity index is 333. The van der Waals surface area contributed by atoms with Gasteiger partial charge in [0.1, 0.15) is 11.7 Å². The predicted octanol–water partition coefficient (Wildman–Crippen LogP) is 1.47. The lowest BCUT2D eigenvalue weighted by molar-refractivity contribution is -0.114. The average molecular weight is 214 g/mol. The number of aromatic nitrogens is 2. The smallest absolute Gasteiger partial charge is 0.240 e. The summed E-state index contributed by atoms with van der Waals surface area (Å²) in [5.41, 5.74) is 0. The Balaban J connectivity index is 2.00. The molecule has 5 heteroatoms. The van der Waals surface area contributed by atoms with Gasteiger partial charge in [-0.05, 0) is 18.8 Å². The highest BCUT2D eigenvalue weighted by Crippen LogP contribution is 2.31. The molecule has 14 heavy (non-hydrogen) atoms. The quantitative estimate of drug-likeness (QED) is 0.770. The van der Waals surface area contributed by atoms with Crippen molar-refractivity contribution in [2.75, 3.05) is 11.2 Å².